The zero-order valence-electron chi connectivity index (χ0n) is 19.8. The first kappa shape index (κ1) is 23.1. The Morgan fingerprint density at radius 3 is 2.38 bits per heavy atom. The van der Waals surface area contributed by atoms with Gasteiger partial charge in [0.25, 0.3) is 0 Å². The molecule has 2 aromatic heterocycles. The first-order valence-corrected chi connectivity index (χ1v) is 14.2. The van der Waals surface area contributed by atoms with E-state index in [0.717, 1.165) is 18.8 Å². The predicted octanol–water partition coefficient (Wildman–Crippen LogP) is 4.15. The molecule has 0 amide bonds. The normalized spacial score (nSPS) is 22.4. The molecule has 3 heterocycles. The lowest BCUT2D eigenvalue weighted by molar-refractivity contribution is 0.375. The summed E-state index contributed by atoms with van der Waals surface area (Å²) in [6.45, 7) is 8.11. The zero-order valence-corrected chi connectivity index (χ0v) is 21.4. The molecule has 0 unspecified atom stereocenters. The van der Waals surface area contributed by atoms with Crippen LogP contribution in [0.15, 0.2) is 35.2 Å². The molecule has 3 aromatic rings. The maximum atomic E-state index is 11.7. The molecule has 182 valence electrons. The number of rotatable bonds is 7. The third-order valence-electron chi connectivity index (χ3n) is 6.61. The molecule has 0 radical (unpaired) electrons. The average Bonchev–Trinajstić information content (AvgIpc) is 3.44. The molecule has 1 aromatic carbocycles. The number of anilines is 2. The summed E-state index contributed by atoms with van der Waals surface area (Å²) < 4.78 is 35.6. The smallest absolute Gasteiger partial charge is 0.322 e. The molecule has 3 atom stereocenters. The molecule has 2 fully saturated rings. The Balaban J connectivity index is 1.31. The van der Waals surface area contributed by atoms with E-state index < -0.39 is 9.84 Å². The monoisotopic (exact) mass is 502 g/mol. The number of benzene rings is 1. The van der Waals surface area contributed by atoms with Crippen LogP contribution in [0.2, 0.25) is 0 Å². The van der Waals surface area contributed by atoms with Crippen molar-refractivity contribution >= 4 is 32.3 Å². The Hall–Kier alpha value is -2.66. The number of aryl methyl sites for hydroxylation is 1. The van der Waals surface area contributed by atoms with Crippen molar-refractivity contribution in [3.05, 3.63) is 36.0 Å². The Kier molecular flexibility index (Phi) is 6.01. The maximum Gasteiger partial charge on any atom is 0.322 e. The summed E-state index contributed by atoms with van der Waals surface area (Å²) in [5, 5.41) is 9.55. The van der Waals surface area contributed by atoms with E-state index in [-0.39, 0.29) is 10.9 Å². The van der Waals surface area contributed by atoms with Crippen LogP contribution < -0.4 is 15.0 Å². The van der Waals surface area contributed by atoms with E-state index in [0.29, 0.717) is 35.6 Å². The van der Waals surface area contributed by atoms with E-state index in [1.165, 1.54) is 36.2 Å². The summed E-state index contributed by atoms with van der Waals surface area (Å²) in [5.41, 5.74) is 1.08. The van der Waals surface area contributed by atoms with Gasteiger partial charge in [-0.25, -0.2) is 13.1 Å². The maximum absolute atomic E-state index is 11.7. The van der Waals surface area contributed by atoms with E-state index >= 15 is 0 Å². The molecule has 5 rings (SSSR count). The van der Waals surface area contributed by atoms with Crippen LogP contribution in [0.4, 0.5) is 10.9 Å². The van der Waals surface area contributed by atoms with Crippen molar-refractivity contribution in [2.24, 2.45) is 11.8 Å². The van der Waals surface area contributed by atoms with Gasteiger partial charge in [0.15, 0.2) is 9.84 Å². The van der Waals surface area contributed by atoms with Crippen LogP contribution in [0.1, 0.15) is 38.4 Å². The van der Waals surface area contributed by atoms with Crippen LogP contribution in [0, 0.1) is 18.8 Å². The highest BCUT2D eigenvalue weighted by Gasteiger charge is 2.43. The number of hydrogen-bond acceptors (Lipinski definition) is 9. The van der Waals surface area contributed by atoms with Crippen LogP contribution in [0.5, 0.6) is 11.8 Å². The highest BCUT2D eigenvalue weighted by Crippen LogP contribution is 2.41. The molecule has 0 spiro atoms. The molecule has 34 heavy (non-hydrogen) atoms. The summed E-state index contributed by atoms with van der Waals surface area (Å²) in [5.74, 6) is 2.14. The fourth-order valence-electron chi connectivity index (χ4n) is 4.92. The molecule has 1 aliphatic carbocycles. The molecule has 2 aliphatic rings. The minimum absolute atomic E-state index is 0.0569. The molecule has 9 nitrogen and oxygen atoms in total. The van der Waals surface area contributed by atoms with E-state index in [4.69, 9.17) is 4.74 Å². The van der Waals surface area contributed by atoms with Crippen LogP contribution in [-0.4, -0.2) is 52.9 Å². The lowest BCUT2D eigenvalue weighted by atomic mass is 9.92. The first-order valence-electron chi connectivity index (χ1n) is 11.6. The summed E-state index contributed by atoms with van der Waals surface area (Å²) >= 11 is 1.58. The third-order valence-corrected chi connectivity index (χ3v) is 8.68. The molecule has 1 N–H and O–H groups in total. The number of fused-ring (bicyclic) bond motifs is 2. The summed E-state index contributed by atoms with van der Waals surface area (Å²) in [7, 11) is -3.26. The SMILES string of the molecule is Cc1cc(N2C[C@H]3CC[C@@H](C2)[C@H]3Nc2nc(Oc3ccc(S(C)(=O)=O)cc3)n(C(C)C)n2)sn1. The van der Waals surface area contributed by atoms with Crippen molar-refractivity contribution < 1.29 is 13.2 Å². The third kappa shape index (κ3) is 4.63. The number of hydrogen-bond donors (Lipinski definition) is 1. The van der Waals surface area contributed by atoms with Gasteiger partial charge in [0.05, 0.1) is 16.6 Å². The van der Waals surface area contributed by atoms with Gasteiger partial charge >= 0.3 is 6.01 Å². The largest absolute Gasteiger partial charge is 0.424 e. The lowest BCUT2D eigenvalue weighted by Crippen LogP contribution is -2.48. The van der Waals surface area contributed by atoms with Gasteiger partial charge in [0, 0.05) is 25.4 Å². The van der Waals surface area contributed by atoms with Crippen molar-refractivity contribution in [1.82, 2.24) is 19.1 Å². The van der Waals surface area contributed by atoms with Crippen LogP contribution in [0.3, 0.4) is 0 Å². The van der Waals surface area contributed by atoms with Gasteiger partial charge in [-0.15, -0.1) is 5.10 Å². The highest BCUT2D eigenvalue weighted by molar-refractivity contribution is 7.90. The second-order valence-electron chi connectivity index (χ2n) is 9.58. The average molecular weight is 503 g/mol. The number of nitrogens with zero attached hydrogens (tertiary/aromatic N) is 5. The number of nitrogens with one attached hydrogen (secondary N) is 1. The van der Waals surface area contributed by atoms with Crippen LogP contribution in [0.25, 0.3) is 0 Å². The standard InChI is InChI=1S/C23H30N6O3S2/c1-14(2)29-23(32-18-7-9-19(10-8-18)34(4,30)31)25-22(26-29)24-21-16-5-6-17(21)13-28(12-16)20-11-15(3)27-33-20/h7-11,14,16-17,21H,5-6,12-13H2,1-4H3,(H,24,26)/t16-,17+,21+. The molecule has 1 saturated carbocycles. The van der Waals surface area contributed by atoms with E-state index in [1.807, 2.05) is 20.8 Å². The van der Waals surface area contributed by atoms with Gasteiger partial charge in [0.1, 0.15) is 10.8 Å². The number of piperidine rings is 1. The Morgan fingerprint density at radius 2 is 1.82 bits per heavy atom. The summed E-state index contributed by atoms with van der Waals surface area (Å²) in [4.78, 5) is 7.37. The fourth-order valence-corrected chi connectivity index (χ4v) is 6.33. The second kappa shape index (κ2) is 8.84. The predicted molar refractivity (Wildman–Crippen MR) is 133 cm³/mol. The van der Waals surface area contributed by atoms with E-state index in [1.54, 1.807) is 28.3 Å². The Labute approximate surface area is 204 Å². The van der Waals surface area contributed by atoms with Crippen molar-refractivity contribution in [1.29, 1.82) is 0 Å². The molecular weight excluding hydrogens is 472 g/mol. The van der Waals surface area contributed by atoms with Crippen molar-refractivity contribution in [2.45, 2.75) is 50.6 Å². The van der Waals surface area contributed by atoms with Gasteiger partial charge in [-0.2, -0.15) is 9.36 Å². The van der Waals surface area contributed by atoms with Crippen LogP contribution >= 0.6 is 11.5 Å². The van der Waals surface area contributed by atoms with Crippen LogP contribution in [-0.2, 0) is 9.84 Å². The summed E-state index contributed by atoms with van der Waals surface area (Å²) in [6, 6.07) is 9.30. The molecule has 11 heteroatoms. The van der Waals surface area contributed by atoms with E-state index in [9.17, 15) is 8.42 Å². The van der Waals surface area contributed by atoms with Gasteiger partial charge in [-0.05, 0) is 87.3 Å². The Morgan fingerprint density at radius 1 is 1.15 bits per heavy atom. The first-order chi connectivity index (χ1) is 16.2. The number of sulfone groups is 1. The quantitative estimate of drug-likeness (QED) is 0.514. The van der Waals surface area contributed by atoms with E-state index in [2.05, 4.69) is 30.7 Å². The fraction of sp³-hybridized carbons (Fsp3) is 0.522. The van der Waals surface area contributed by atoms with Gasteiger partial charge in [-0.1, -0.05) is 0 Å². The zero-order chi connectivity index (χ0) is 24.0. The van der Waals surface area contributed by atoms with Crippen molar-refractivity contribution in [3.63, 3.8) is 0 Å². The van der Waals surface area contributed by atoms with Gasteiger partial charge < -0.3 is 15.0 Å². The topological polar surface area (TPSA) is 102 Å². The minimum atomic E-state index is -3.26. The molecule has 1 saturated heterocycles. The van der Waals surface area contributed by atoms with Gasteiger partial charge in [0.2, 0.25) is 5.95 Å². The van der Waals surface area contributed by atoms with Crippen molar-refractivity contribution in [2.75, 3.05) is 29.6 Å². The number of ether oxygens (including phenoxy) is 1. The Bertz CT molecular complexity index is 1250. The second-order valence-corrected chi connectivity index (χ2v) is 12.4. The number of aromatic nitrogens is 4. The summed E-state index contributed by atoms with van der Waals surface area (Å²) in [6.07, 6.45) is 3.57. The lowest BCUT2D eigenvalue weighted by Gasteiger charge is -2.38. The molecule has 2 bridgehead atoms. The van der Waals surface area contributed by atoms with Crippen molar-refractivity contribution in [3.8, 4) is 11.8 Å². The minimum Gasteiger partial charge on any atom is -0.424 e. The van der Waals surface area contributed by atoms with Gasteiger partial charge in [-0.3, -0.25) is 0 Å². The molecular formula is C23H30N6O3S2. The molecule has 1 aliphatic heterocycles. The highest BCUT2D eigenvalue weighted by atomic mass is 32.2.